The maximum absolute atomic E-state index is 14.3. The first-order chi connectivity index (χ1) is 23.4. The van der Waals surface area contributed by atoms with Gasteiger partial charge in [0.05, 0.1) is 11.4 Å². The predicted molar refractivity (Wildman–Crippen MR) is 197 cm³/mol. The third-order valence-corrected chi connectivity index (χ3v) is 8.89. The summed E-state index contributed by atoms with van der Waals surface area (Å²) in [6.07, 6.45) is 3.33. The molecule has 0 amide bonds. The van der Waals surface area contributed by atoms with Crippen molar-refractivity contribution >= 4 is 21.8 Å². The van der Waals surface area contributed by atoms with E-state index in [1.54, 1.807) is 0 Å². The van der Waals surface area contributed by atoms with Crippen molar-refractivity contribution in [2.24, 2.45) is 0 Å². The predicted octanol–water partition coefficient (Wildman–Crippen LogP) is 11.1. The first-order valence-electron chi connectivity index (χ1n) is 16.9. The molecule has 3 aromatic heterocycles. The number of aromatic nitrogens is 4. The molecule has 0 aliphatic rings. The standard InChI is InChI=1S/C43H41FN4O.Pd/c1-8-12-36-40(28-17-19-29(20-18-28)42(2,3)4)41(43(5,6)7)48(46-36)31-13-11-14-32(26-31)49-33-21-22-35-34-15-9-10-16-37(34)47(38(35)27-33)39-25-30(44)23-24-45-39;/h9-11,13-25H,8,12H2,1-7H3;/q-2;+2. The summed E-state index contributed by atoms with van der Waals surface area (Å²) in [6, 6.07) is 36.5. The van der Waals surface area contributed by atoms with E-state index in [2.05, 4.69) is 95.9 Å². The zero-order valence-electron chi connectivity index (χ0n) is 29.5. The van der Waals surface area contributed by atoms with Gasteiger partial charge in [0.15, 0.2) is 0 Å². The molecule has 50 heavy (non-hydrogen) atoms. The summed E-state index contributed by atoms with van der Waals surface area (Å²) in [7, 11) is 0. The maximum Gasteiger partial charge on any atom is 2.00 e. The van der Waals surface area contributed by atoms with Gasteiger partial charge in [-0.2, -0.15) is 17.2 Å². The van der Waals surface area contributed by atoms with Gasteiger partial charge in [0, 0.05) is 40.3 Å². The fourth-order valence-electron chi connectivity index (χ4n) is 6.61. The van der Waals surface area contributed by atoms with Gasteiger partial charge in [0.25, 0.3) is 0 Å². The molecule has 0 saturated carbocycles. The molecule has 7 heteroatoms. The second kappa shape index (κ2) is 13.6. The van der Waals surface area contributed by atoms with Gasteiger partial charge >= 0.3 is 20.4 Å². The molecule has 4 aromatic carbocycles. The summed E-state index contributed by atoms with van der Waals surface area (Å²) in [5.74, 6) is 1.19. The van der Waals surface area contributed by atoms with Crippen LogP contribution >= 0.6 is 0 Å². The van der Waals surface area contributed by atoms with E-state index >= 15 is 0 Å². The number of para-hydroxylation sites is 1. The number of ether oxygens (including phenoxy) is 1. The number of rotatable bonds is 7. The molecule has 0 fully saturated rings. The van der Waals surface area contributed by atoms with E-state index < -0.39 is 0 Å². The van der Waals surface area contributed by atoms with E-state index in [-0.39, 0.29) is 37.1 Å². The van der Waals surface area contributed by atoms with E-state index in [0.29, 0.717) is 17.3 Å². The molecule has 0 radical (unpaired) electrons. The fourth-order valence-corrected chi connectivity index (χ4v) is 6.61. The second-order valence-corrected chi connectivity index (χ2v) is 14.7. The average molecular weight is 755 g/mol. The van der Waals surface area contributed by atoms with Crippen molar-refractivity contribution in [3.05, 3.63) is 132 Å². The van der Waals surface area contributed by atoms with Gasteiger partial charge in [-0.05, 0) is 46.2 Å². The zero-order valence-corrected chi connectivity index (χ0v) is 31.1. The third kappa shape index (κ3) is 6.65. The van der Waals surface area contributed by atoms with Crippen LogP contribution in [0.3, 0.4) is 0 Å². The van der Waals surface area contributed by atoms with Crippen LogP contribution in [0.1, 0.15) is 71.8 Å². The zero-order chi connectivity index (χ0) is 34.5. The van der Waals surface area contributed by atoms with E-state index in [1.807, 2.05) is 57.8 Å². The molecule has 0 spiro atoms. The first-order valence-corrected chi connectivity index (χ1v) is 16.9. The molecule has 0 N–H and O–H groups in total. The van der Waals surface area contributed by atoms with Crippen LogP contribution in [0, 0.1) is 17.9 Å². The number of hydrogen-bond donors (Lipinski definition) is 0. The van der Waals surface area contributed by atoms with Crippen LogP contribution in [0.25, 0.3) is 44.4 Å². The molecule has 0 aliphatic heterocycles. The number of fused-ring (bicyclic) bond motifs is 3. The Bertz CT molecular complexity index is 2310. The molecule has 3 heterocycles. The van der Waals surface area contributed by atoms with Crippen molar-refractivity contribution in [3.63, 3.8) is 0 Å². The number of benzene rings is 4. The summed E-state index contributed by atoms with van der Waals surface area (Å²) in [4.78, 5) is 4.47. The van der Waals surface area contributed by atoms with Crippen LogP contribution in [0.4, 0.5) is 4.39 Å². The Hall–Kier alpha value is -4.57. The molecule has 0 bridgehead atoms. The Morgan fingerprint density at radius 3 is 2.22 bits per heavy atom. The minimum atomic E-state index is -0.352. The Balaban J connectivity index is 0.00000432. The average Bonchev–Trinajstić information content (AvgIpc) is 3.61. The molecule has 5 nitrogen and oxygen atoms in total. The van der Waals surface area contributed by atoms with Crippen LogP contribution in [0.2, 0.25) is 0 Å². The number of aryl methyl sites for hydroxylation is 1. The normalized spacial score (nSPS) is 12.0. The van der Waals surface area contributed by atoms with Crippen LogP contribution in [0.5, 0.6) is 11.5 Å². The molecule has 0 aliphatic carbocycles. The molecule has 0 unspecified atom stereocenters. The molecule has 0 saturated heterocycles. The fraction of sp³-hybridized carbons (Fsp3) is 0.256. The number of halogens is 1. The van der Waals surface area contributed by atoms with E-state index in [9.17, 15) is 4.39 Å². The molecule has 7 rings (SSSR count). The van der Waals surface area contributed by atoms with Crippen molar-refractivity contribution in [1.29, 1.82) is 0 Å². The quantitative estimate of drug-likeness (QED) is 0.120. The minimum absolute atomic E-state index is 0. The number of nitrogens with zero attached hydrogens (tertiary/aromatic N) is 4. The van der Waals surface area contributed by atoms with Gasteiger partial charge in [-0.3, -0.25) is 4.68 Å². The number of hydrogen-bond acceptors (Lipinski definition) is 3. The van der Waals surface area contributed by atoms with Crippen molar-refractivity contribution in [3.8, 4) is 34.1 Å². The summed E-state index contributed by atoms with van der Waals surface area (Å²) >= 11 is 0. The Morgan fingerprint density at radius 2 is 1.52 bits per heavy atom. The van der Waals surface area contributed by atoms with Crippen molar-refractivity contribution < 1.29 is 29.6 Å². The second-order valence-electron chi connectivity index (χ2n) is 14.7. The maximum atomic E-state index is 14.3. The van der Waals surface area contributed by atoms with Crippen molar-refractivity contribution in [2.45, 2.75) is 72.1 Å². The SMILES string of the molecule is CCCc1nn(-c2[c-]c(Oc3[c-]c4c(cc3)c3ccccc3n4-c3cc(F)ccn3)ccc2)c(C(C)(C)C)c1-c1ccc(C(C)(C)C)cc1.[Pd+2]. The first kappa shape index (κ1) is 35.3. The monoisotopic (exact) mass is 754 g/mol. The summed E-state index contributed by atoms with van der Waals surface area (Å²) in [6.45, 7) is 15.6. The molecule has 256 valence electrons. The van der Waals surface area contributed by atoms with Gasteiger partial charge in [-0.25, -0.2) is 9.37 Å². The summed E-state index contributed by atoms with van der Waals surface area (Å²) in [5, 5.41) is 7.24. The van der Waals surface area contributed by atoms with Gasteiger partial charge in [-0.1, -0.05) is 103 Å². The van der Waals surface area contributed by atoms with E-state index in [1.165, 1.54) is 35.0 Å². The number of pyridine rings is 1. The van der Waals surface area contributed by atoms with Crippen LogP contribution in [-0.4, -0.2) is 19.3 Å². The summed E-state index contributed by atoms with van der Waals surface area (Å²) in [5.41, 5.74) is 8.21. The Kier molecular flexibility index (Phi) is 9.61. The molecule has 0 atom stereocenters. The Labute approximate surface area is 307 Å². The molecular formula is C43H41FN4OPd. The van der Waals surface area contributed by atoms with E-state index in [4.69, 9.17) is 9.84 Å². The third-order valence-electron chi connectivity index (χ3n) is 8.89. The Morgan fingerprint density at radius 1 is 0.780 bits per heavy atom. The van der Waals surface area contributed by atoms with Crippen molar-refractivity contribution in [1.82, 2.24) is 19.3 Å². The van der Waals surface area contributed by atoms with Crippen LogP contribution in [0.15, 0.2) is 97.2 Å². The van der Waals surface area contributed by atoms with E-state index in [0.717, 1.165) is 51.7 Å². The van der Waals surface area contributed by atoms with Crippen LogP contribution < -0.4 is 4.74 Å². The summed E-state index contributed by atoms with van der Waals surface area (Å²) < 4.78 is 24.7. The largest absolute Gasteiger partial charge is 2.00 e. The molecular weight excluding hydrogens is 714 g/mol. The van der Waals surface area contributed by atoms with Crippen molar-refractivity contribution in [2.75, 3.05) is 0 Å². The smallest absolute Gasteiger partial charge is 0.509 e. The van der Waals surface area contributed by atoms with Gasteiger partial charge in [0.2, 0.25) is 0 Å². The minimum Gasteiger partial charge on any atom is -0.509 e. The topological polar surface area (TPSA) is 44.9 Å². The van der Waals surface area contributed by atoms with Gasteiger partial charge in [0.1, 0.15) is 11.6 Å². The van der Waals surface area contributed by atoms with Gasteiger partial charge in [-0.15, -0.1) is 35.7 Å². The molecule has 7 aromatic rings. The van der Waals surface area contributed by atoms with Gasteiger partial charge < -0.3 is 9.30 Å². The van der Waals surface area contributed by atoms with Crippen LogP contribution in [-0.2, 0) is 37.7 Å².